The minimum atomic E-state index is 0.645. The van der Waals surface area contributed by atoms with Gasteiger partial charge in [0.1, 0.15) is 0 Å². The Labute approximate surface area is 176 Å². The Morgan fingerprint density at radius 3 is 2.77 bits per heavy atom. The van der Waals surface area contributed by atoms with Gasteiger partial charge in [0.05, 0.1) is 24.9 Å². The number of aromatic nitrogens is 1. The van der Waals surface area contributed by atoms with Crippen molar-refractivity contribution in [3.63, 3.8) is 0 Å². The summed E-state index contributed by atoms with van der Waals surface area (Å²) in [5.41, 5.74) is 5.69. The molecule has 0 atom stereocenters. The van der Waals surface area contributed by atoms with Crippen molar-refractivity contribution in [3.8, 4) is 22.8 Å². The van der Waals surface area contributed by atoms with Crippen molar-refractivity contribution in [1.82, 2.24) is 10.3 Å². The summed E-state index contributed by atoms with van der Waals surface area (Å²) in [4.78, 5) is 5.18. The average molecular weight is 399 g/mol. The van der Waals surface area contributed by atoms with Crippen LogP contribution in [0.4, 0.5) is 0 Å². The van der Waals surface area contributed by atoms with Gasteiger partial charge in [-0.05, 0) is 59.5 Å². The third-order valence-corrected chi connectivity index (χ3v) is 5.85. The maximum Gasteiger partial charge on any atom is 0.170 e. The molecule has 30 heavy (non-hydrogen) atoms. The Morgan fingerprint density at radius 1 is 1.00 bits per heavy atom. The van der Waals surface area contributed by atoms with Gasteiger partial charge in [0.2, 0.25) is 0 Å². The topological polar surface area (TPSA) is 43.4 Å². The van der Waals surface area contributed by atoms with Gasteiger partial charge in [-0.25, -0.2) is 4.98 Å². The van der Waals surface area contributed by atoms with E-state index in [4.69, 9.17) is 14.5 Å². The molecule has 0 radical (unpaired) electrons. The van der Waals surface area contributed by atoms with Crippen molar-refractivity contribution < 1.29 is 9.47 Å². The molecule has 0 spiro atoms. The van der Waals surface area contributed by atoms with E-state index in [9.17, 15) is 0 Å². The van der Waals surface area contributed by atoms with Crippen LogP contribution in [0.15, 0.2) is 54.6 Å². The van der Waals surface area contributed by atoms with Crippen molar-refractivity contribution in [2.75, 3.05) is 20.3 Å². The number of ether oxygens (including phenoxy) is 2. The molecule has 0 fully saturated rings. The second-order valence-corrected chi connectivity index (χ2v) is 7.71. The molecule has 1 N–H and O–H groups in total. The fourth-order valence-corrected chi connectivity index (χ4v) is 4.48. The van der Waals surface area contributed by atoms with Crippen LogP contribution in [0.5, 0.6) is 11.5 Å². The fraction of sp³-hybridized carbons (Fsp3) is 0.269. The molecule has 0 amide bonds. The van der Waals surface area contributed by atoms with Gasteiger partial charge >= 0.3 is 0 Å². The van der Waals surface area contributed by atoms with Crippen LogP contribution in [0.1, 0.15) is 24.5 Å². The van der Waals surface area contributed by atoms with E-state index in [1.54, 1.807) is 7.11 Å². The molecule has 4 nitrogen and oxygen atoms in total. The maximum atomic E-state index is 6.15. The molecule has 0 saturated carbocycles. The van der Waals surface area contributed by atoms with Crippen molar-refractivity contribution in [3.05, 3.63) is 65.7 Å². The minimum absolute atomic E-state index is 0.645. The Morgan fingerprint density at radius 2 is 1.90 bits per heavy atom. The lowest BCUT2D eigenvalue weighted by molar-refractivity contribution is 0.295. The molecule has 0 saturated heterocycles. The van der Waals surface area contributed by atoms with E-state index < -0.39 is 0 Å². The normalized spacial score (nSPS) is 13.4. The lowest BCUT2D eigenvalue weighted by Gasteiger charge is -2.24. The summed E-state index contributed by atoms with van der Waals surface area (Å²) in [6.07, 6.45) is 1.93. The predicted molar refractivity (Wildman–Crippen MR) is 122 cm³/mol. The molecule has 1 aliphatic rings. The quantitative estimate of drug-likeness (QED) is 0.451. The van der Waals surface area contributed by atoms with Gasteiger partial charge < -0.3 is 14.8 Å². The second kappa shape index (κ2) is 7.96. The first-order valence-corrected chi connectivity index (χ1v) is 10.7. The van der Waals surface area contributed by atoms with Crippen LogP contribution in [0.2, 0.25) is 0 Å². The Hall–Kier alpha value is -3.11. The van der Waals surface area contributed by atoms with Gasteiger partial charge in [-0.2, -0.15) is 0 Å². The zero-order valence-electron chi connectivity index (χ0n) is 17.5. The summed E-state index contributed by atoms with van der Waals surface area (Å²) in [6.45, 7) is 4.54. The number of benzene rings is 3. The van der Waals surface area contributed by atoms with Crippen LogP contribution < -0.4 is 14.8 Å². The van der Waals surface area contributed by atoms with Crippen LogP contribution >= 0.6 is 0 Å². The van der Waals surface area contributed by atoms with Crippen molar-refractivity contribution in [2.24, 2.45) is 0 Å². The molecule has 4 aromatic rings. The van der Waals surface area contributed by atoms with E-state index in [0.717, 1.165) is 54.2 Å². The van der Waals surface area contributed by atoms with E-state index in [1.165, 1.54) is 27.3 Å². The van der Waals surface area contributed by atoms with Crippen molar-refractivity contribution >= 4 is 21.7 Å². The summed E-state index contributed by atoms with van der Waals surface area (Å²) in [5, 5.41) is 7.36. The highest BCUT2D eigenvalue weighted by Crippen LogP contribution is 2.42. The SMILES string of the molecule is CCCOc1c(OC)cccc1-c1nc2ccc3ccccc3c2c2c1CNCC2. The zero-order chi connectivity index (χ0) is 20.5. The van der Waals surface area contributed by atoms with Gasteiger partial charge in [-0.3, -0.25) is 0 Å². The van der Waals surface area contributed by atoms with E-state index in [-0.39, 0.29) is 0 Å². The van der Waals surface area contributed by atoms with Crippen LogP contribution in [-0.2, 0) is 13.0 Å². The van der Waals surface area contributed by atoms with Crippen LogP contribution in [-0.4, -0.2) is 25.2 Å². The Balaban J connectivity index is 1.82. The molecule has 1 aliphatic heterocycles. The highest BCUT2D eigenvalue weighted by Gasteiger charge is 2.23. The number of methoxy groups -OCH3 is 1. The number of rotatable bonds is 5. The first-order chi connectivity index (χ1) is 14.8. The highest BCUT2D eigenvalue weighted by molar-refractivity contribution is 6.09. The first kappa shape index (κ1) is 18.9. The lowest BCUT2D eigenvalue weighted by Crippen LogP contribution is -2.25. The molecule has 5 rings (SSSR count). The lowest BCUT2D eigenvalue weighted by atomic mass is 9.90. The fourth-order valence-electron chi connectivity index (χ4n) is 4.48. The van der Waals surface area contributed by atoms with E-state index in [2.05, 4.69) is 54.7 Å². The minimum Gasteiger partial charge on any atom is -0.493 e. The molecular weight excluding hydrogens is 372 g/mol. The molecule has 0 bridgehead atoms. The number of pyridine rings is 1. The van der Waals surface area contributed by atoms with Gasteiger partial charge in [0.25, 0.3) is 0 Å². The monoisotopic (exact) mass is 398 g/mol. The zero-order valence-corrected chi connectivity index (χ0v) is 17.5. The number of hydrogen-bond acceptors (Lipinski definition) is 4. The number of fused-ring (bicyclic) bond motifs is 5. The molecule has 0 unspecified atom stereocenters. The maximum absolute atomic E-state index is 6.15. The van der Waals surface area contributed by atoms with Crippen LogP contribution in [0.3, 0.4) is 0 Å². The van der Waals surface area contributed by atoms with Crippen LogP contribution in [0.25, 0.3) is 32.9 Å². The summed E-state index contributed by atoms with van der Waals surface area (Å²) in [5.74, 6) is 1.53. The molecule has 2 heterocycles. The third kappa shape index (κ3) is 3.08. The van der Waals surface area contributed by atoms with E-state index >= 15 is 0 Å². The number of hydrogen-bond donors (Lipinski definition) is 1. The number of para-hydroxylation sites is 1. The average Bonchev–Trinajstić information content (AvgIpc) is 2.81. The van der Waals surface area contributed by atoms with Crippen LogP contribution in [0, 0.1) is 0 Å². The highest BCUT2D eigenvalue weighted by atomic mass is 16.5. The molecule has 152 valence electrons. The smallest absolute Gasteiger partial charge is 0.170 e. The molecule has 0 aliphatic carbocycles. The summed E-state index contributed by atoms with van der Waals surface area (Å²) >= 11 is 0. The third-order valence-electron chi connectivity index (χ3n) is 5.85. The Bertz CT molecular complexity index is 1230. The molecule has 4 heteroatoms. The number of nitrogens with one attached hydrogen (secondary N) is 1. The standard InChI is InChI=1S/C26H26N2O2/c1-3-15-30-26-20(9-6-10-23(26)29-2)25-21-16-27-14-13-19(21)24-18-8-5-4-7-17(18)11-12-22(24)28-25/h4-12,27H,3,13-16H2,1-2H3. The molecule has 3 aromatic carbocycles. The predicted octanol–water partition coefficient (Wildman–Crippen LogP) is 5.50. The molecular formula is C26H26N2O2. The Kier molecular flexibility index (Phi) is 5.01. The summed E-state index contributed by atoms with van der Waals surface area (Å²) in [7, 11) is 1.69. The molecule has 1 aromatic heterocycles. The van der Waals surface area contributed by atoms with Crippen molar-refractivity contribution in [2.45, 2.75) is 26.3 Å². The summed E-state index contributed by atoms with van der Waals surface area (Å²) in [6, 6.07) is 19.0. The van der Waals surface area contributed by atoms with Gasteiger partial charge in [0, 0.05) is 17.5 Å². The largest absolute Gasteiger partial charge is 0.493 e. The van der Waals surface area contributed by atoms with Gasteiger partial charge in [0.15, 0.2) is 11.5 Å². The number of nitrogens with zero attached hydrogens (tertiary/aromatic N) is 1. The van der Waals surface area contributed by atoms with E-state index in [0.29, 0.717) is 6.61 Å². The van der Waals surface area contributed by atoms with Crippen molar-refractivity contribution in [1.29, 1.82) is 0 Å². The van der Waals surface area contributed by atoms with Gasteiger partial charge in [-0.15, -0.1) is 0 Å². The summed E-state index contributed by atoms with van der Waals surface area (Å²) < 4.78 is 11.8. The van der Waals surface area contributed by atoms with E-state index in [1.807, 2.05) is 12.1 Å². The second-order valence-electron chi connectivity index (χ2n) is 7.71. The van der Waals surface area contributed by atoms with Gasteiger partial charge in [-0.1, -0.05) is 43.3 Å². The first-order valence-electron chi connectivity index (χ1n) is 10.7.